The van der Waals surface area contributed by atoms with Crippen molar-refractivity contribution in [2.75, 3.05) is 31.4 Å². The average Bonchev–Trinajstić information content (AvgIpc) is 2.61. The molecule has 2 unspecified atom stereocenters. The summed E-state index contributed by atoms with van der Waals surface area (Å²) in [5.41, 5.74) is 0.329. The maximum absolute atomic E-state index is 12.1. The summed E-state index contributed by atoms with van der Waals surface area (Å²) in [7, 11) is 0. The first kappa shape index (κ1) is 19.0. The van der Waals surface area contributed by atoms with E-state index in [1.807, 2.05) is 13.2 Å². The molecule has 2 atom stereocenters. The number of hydrogen-bond acceptors (Lipinski definition) is 8. The number of nitrogens with one attached hydrogen (secondary N) is 1. The van der Waals surface area contributed by atoms with Crippen LogP contribution in [-0.2, 0) is 14.2 Å². The van der Waals surface area contributed by atoms with Crippen LogP contribution in [0, 0.1) is 0 Å². The van der Waals surface area contributed by atoms with Crippen molar-refractivity contribution >= 4 is 23.5 Å². The van der Waals surface area contributed by atoms with Gasteiger partial charge in [0.1, 0.15) is 11.4 Å². The van der Waals surface area contributed by atoms with Crippen molar-refractivity contribution in [3.63, 3.8) is 0 Å². The third kappa shape index (κ3) is 5.61. The lowest BCUT2D eigenvalue weighted by atomic mass is 10.2. The molecule has 1 fully saturated rings. The molecule has 2 heterocycles. The van der Waals surface area contributed by atoms with Crippen molar-refractivity contribution in [2.45, 2.75) is 50.6 Å². The molecule has 0 saturated carbocycles. The van der Waals surface area contributed by atoms with Crippen molar-refractivity contribution in [2.24, 2.45) is 0 Å². The quantitative estimate of drug-likeness (QED) is 0.433. The fourth-order valence-corrected chi connectivity index (χ4v) is 2.64. The molecule has 0 aliphatic carbocycles. The van der Waals surface area contributed by atoms with Gasteiger partial charge in [0.2, 0.25) is 0 Å². The summed E-state index contributed by atoms with van der Waals surface area (Å²) < 4.78 is 16.4. The number of ether oxygens (including phenoxy) is 3. The van der Waals surface area contributed by atoms with E-state index in [1.54, 1.807) is 6.92 Å². The van der Waals surface area contributed by atoms with E-state index in [-0.39, 0.29) is 12.3 Å². The van der Waals surface area contributed by atoms with E-state index >= 15 is 0 Å². The van der Waals surface area contributed by atoms with Crippen molar-refractivity contribution in [1.82, 2.24) is 9.97 Å². The molecule has 2 rings (SSSR count). The fraction of sp³-hybridized carbons (Fsp3) is 0.688. The SMILES string of the molecule is CCOC(=O)c1cnc(SC)nc1NC(C)COC1CCCCO1. The van der Waals surface area contributed by atoms with Crippen molar-refractivity contribution < 1.29 is 19.0 Å². The van der Waals surface area contributed by atoms with Crippen LogP contribution in [0.5, 0.6) is 0 Å². The average molecular weight is 355 g/mol. The molecule has 0 radical (unpaired) electrons. The van der Waals surface area contributed by atoms with Gasteiger partial charge < -0.3 is 19.5 Å². The summed E-state index contributed by atoms with van der Waals surface area (Å²) in [6.45, 7) is 5.26. The molecule has 1 aromatic heterocycles. The van der Waals surface area contributed by atoms with E-state index in [2.05, 4.69) is 15.3 Å². The molecular formula is C16H25N3O4S. The van der Waals surface area contributed by atoms with Crippen LogP contribution in [0.3, 0.4) is 0 Å². The summed E-state index contributed by atoms with van der Waals surface area (Å²) in [6, 6.07) is -0.0340. The number of carbonyl (C=O) groups is 1. The van der Waals surface area contributed by atoms with Crippen LogP contribution in [0.25, 0.3) is 0 Å². The van der Waals surface area contributed by atoms with Crippen LogP contribution in [0.1, 0.15) is 43.5 Å². The number of anilines is 1. The molecule has 1 aromatic rings. The van der Waals surface area contributed by atoms with E-state index in [4.69, 9.17) is 14.2 Å². The molecule has 1 saturated heterocycles. The van der Waals surface area contributed by atoms with Gasteiger partial charge in [-0.2, -0.15) is 0 Å². The third-order valence-corrected chi connectivity index (χ3v) is 4.06. The Morgan fingerprint density at radius 2 is 2.38 bits per heavy atom. The topological polar surface area (TPSA) is 82.6 Å². The van der Waals surface area contributed by atoms with Crippen LogP contribution in [0.4, 0.5) is 5.82 Å². The van der Waals surface area contributed by atoms with Crippen molar-refractivity contribution in [3.8, 4) is 0 Å². The largest absolute Gasteiger partial charge is 0.462 e. The lowest BCUT2D eigenvalue weighted by molar-refractivity contribution is -0.163. The first-order chi connectivity index (χ1) is 11.6. The van der Waals surface area contributed by atoms with Gasteiger partial charge in [-0.05, 0) is 39.4 Å². The second-order valence-electron chi connectivity index (χ2n) is 5.51. The number of hydrogen-bond donors (Lipinski definition) is 1. The minimum Gasteiger partial charge on any atom is -0.462 e. The normalized spacial score (nSPS) is 18.9. The zero-order chi connectivity index (χ0) is 17.4. The maximum atomic E-state index is 12.1. The zero-order valence-corrected chi connectivity index (χ0v) is 15.2. The van der Waals surface area contributed by atoms with Crippen LogP contribution >= 0.6 is 11.8 Å². The molecule has 1 N–H and O–H groups in total. The van der Waals surface area contributed by atoms with Gasteiger partial charge in [0.15, 0.2) is 11.4 Å². The predicted molar refractivity (Wildman–Crippen MR) is 92.4 cm³/mol. The molecule has 0 aromatic carbocycles. The summed E-state index contributed by atoms with van der Waals surface area (Å²) in [5.74, 6) is 0.0323. The van der Waals surface area contributed by atoms with E-state index in [0.29, 0.717) is 29.8 Å². The molecule has 1 aliphatic heterocycles. The molecule has 7 nitrogen and oxygen atoms in total. The maximum Gasteiger partial charge on any atom is 0.343 e. The predicted octanol–water partition coefficient (Wildman–Crippen LogP) is 2.72. The number of thioether (sulfide) groups is 1. The molecule has 134 valence electrons. The van der Waals surface area contributed by atoms with Crippen LogP contribution < -0.4 is 5.32 Å². The summed E-state index contributed by atoms with van der Waals surface area (Å²) >= 11 is 1.41. The number of aromatic nitrogens is 2. The van der Waals surface area contributed by atoms with E-state index in [0.717, 1.165) is 25.9 Å². The number of carbonyl (C=O) groups excluding carboxylic acids is 1. The van der Waals surface area contributed by atoms with Crippen LogP contribution in [0.2, 0.25) is 0 Å². The molecular weight excluding hydrogens is 330 g/mol. The molecule has 0 bridgehead atoms. The second kappa shape index (κ2) is 9.80. The van der Waals surface area contributed by atoms with Gasteiger partial charge in [-0.15, -0.1) is 0 Å². The highest BCUT2D eigenvalue weighted by molar-refractivity contribution is 7.98. The van der Waals surface area contributed by atoms with E-state index < -0.39 is 5.97 Å². The first-order valence-corrected chi connectivity index (χ1v) is 9.44. The lowest BCUT2D eigenvalue weighted by Crippen LogP contribution is -2.30. The smallest absolute Gasteiger partial charge is 0.343 e. The Morgan fingerprint density at radius 3 is 3.04 bits per heavy atom. The summed E-state index contributed by atoms with van der Waals surface area (Å²) in [6.07, 6.45) is 6.38. The summed E-state index contributed by atoms with van der Waals surface area (Å²) in [4.78, 5) is 20.6. The first-order valence-electron chi connectivity index (χ1n) is 8.22. The van der Waals surface area contributed by atoms with Gasteiger partial charge in [-0.1, -0.05) is 11.8 Å². The van der Waals surface area contributed by atoms with Gasteiger partial charge in [0.05, 0.1) is 13.2 Å². The highest BCUT2D eigenvalue weighted by Gasteiger charge is 2.19. The standard InChI is InChI=1S/C16H25N3O4S/c1-4-21-15(20)12-9-17-16(24-3)19-14(12)18-11(2)10-23-13-7-5-6-8-22-13/h9,11,13H,4-8,10H2,1-3H3,(H,17,18,19). The summed E-state index contributed by atoms with van der Waals surface area (Å²) in [5, 5.41) is 3.81. The zero-order valence-electron chi connectivity index (χ0n) is 14.4. The number of rotatable bonds is 8. The highest BCUT2D eigenvalue weighted by Crippen LogP contribution is 2.19. The molecule has 8 heteroatoms. The van der Waals surface area contributed by atoms with Crippen molar-refractivity contribution in [1.29, 1.82) is 0 Å². The van der Waals surface area contributed by atoms with E-state index in [9.17, 15) is 4.79 Å². The van der Waals surface area contributed by atoms with Crippen molar-refractivity contribution in [3.05, 3.63) is 11.8 Å². The van der Waals surface area contributed by atoms with Gasteiger partial charge in [0, 0.05) is 18.8 Å². The fourth-order valence-electron chi connectivity index (χ4n) is 2.30. The Balaban J connectivity index is 1.98. The lowest BCUT2D eigenvalue weighted by Gasteiger charge is -2.25. The van der Waals surface area contributed by atoms with Gasteiger partial charge in [0.25, 0.3) is 0 Å². The molecule has 0 spiro atoms. The highest BCUT2D eigenvalue weighted by atomic mass is 32.2. The van der Waals surface area contributed by atoms with Gasteiger partial charge in [-0.25, -0.2) is 14.8 Å². The van der Waals surface area contributed by atoms with Gasteiger partial charge in [-0.3, -0.25) is 0 Å². The monoisotopic (exact) mass is 355 g/mol. The number of nitrogens with zero attached hydrogens (tertiary/aromatic N) is 2. The third-order valence-electron chi connectivity index (χ3n) is 3.50. The Bertz CT molecular complexity index is 538. The Hall–Kier alpha value is -1.38. The molecule has 1 aliphatic rings. The Labute approximate surface area is 146 Å². The van der Waals surface area contributed by atoms with E-state index in [1.165, 1.54) is 18.0 Å². The van der Waals surface area contributed by atoms with Gasteiger partial charge >= 0.3 is 5.97 Å². The van der Waals surface area contributed by atoms with Crippen LogP contribution in [0.15, 0.2) is 11.4 Å². The minimum absolute atomic E-state index is 0.0340. The molecule has 0 amide bonds. The number of esters is 1. The van der Waals surface area contributed by atoms with Crippen LogP contribution in [-0.4, -0.2) is 54.3 Å². The minimum atomic E-state index is -0.434. The molecule has 24 heavy (non-hydrogen) atoms. The Kier molecular flexibility index (Phi) is 7.74. The second-order valence-corrected chi connectivity index (χ2v) is 6.29. The Morgan fingerprint density at radius 1 is 1.54 bits per heavy atom.